The topological polar surface area (TPSA) is 66.7 Å². The highest BCUT2D eigenvalue weighted by Gasteiger charge is 2.20. The Kier molecular flexibility index (Phi) is 2.46. The second-order valence-electron chi connectivity index (χ2n) is 4.04. The summed E-state index contributed by atoms with van der Waals surface area (Å²) in [5.74, 6) is 1.33. The second kappa shape index (κ2) is 4.09. The largest absolute Gasteiger partial charge is 0.357 e. The smallest absolute Gasteiger partial charge is 0.274 e. The summed E-state index contributed by atoms with van der Waals surface area (Å²) in [6, 6.07) is 4.09. The minimum atomic E-state index is 0.251. The molecule has 0 spiro atoms. The quantitative estimate of drug-likeness (QED) is 0.807. The average molecular weight is 218 g/mol. The van der Waals surface area contributed by atoms with Crippen molar-refractivity contribution in [1.82, 2.24) is 20.4 Å². The number of nitrogens with zero attached hydrogens (tertiary/aromatic N) is 2. The van der Waals surface area contributed by atoms with Gasteiger partial charge in [-0.3, -0.25) is 0 Å². The van der Waals surface area contributed by atoms with Crippen molar-refractivity contribution >= 4 is 0 Å². The van der Waals surface area contributed by atoms with E-state index in [1.54, 1.807) is 0 Å². The fourth-order valence-corrected chi connectivity index (χ4v) is 2.02. The van der Waals surface area contributed by atoms with E-state index in [4.69, 9.17) is 4.52 Å². The second-order valence-corrected chi connectivity index (χ2v) is 4.04. The lowest BCUT2D eigenvalue weighted by Crippen LogP contribution is -2.27. The number of H-pyrrole nitrogens is 1. The number of nitrogens with one attached hydrogen (secondary N) is 2. The van der Waals surface area contributed by atoms with E-state index in [-0.39, 0.29) is 6.04 Å². The van der Waals surface area contributed by atoms with Crippen LogP contribution in [0.25, 0.3) is 11.6 Å². The van der Waals surface area contributed by atoms with Crippen LogP contribution in [-0.4, -0.2) is 21.7 Å². The van der Waals surface area contributed by atoms with Crippen LogP contribution in [0.15, 0.2) is 22.9 Å². The van der Waals surface area contributed by atoms with Crippen molar-refractivity contribution in [2.75, 3.05) is 6.54 Å². The third-order valence-electron chi connectivity index (χ3n) is 2.89. The van der Waals surface area contributed by atoms with E-state index in [0.717, 1.165) is 24.5 Å². The van der Waals surface area contributed by atoms with Crippen molar-refractivity contribution in [2.24, 2.45) is 0 Å². The van der Waals surface area contributed by atoms with E-state index in [0.29, 0.717) is 5.89 Å². The third-order valence-corrected chi connectivity index (χ3v) is 2.89. The molecule has 1 aliphatic heterocycles. The van der Waals surface area contributed by atoms with Crippen molar-refractivity contribution in [2.45, 2.75) is 25.3 Å². The molecule has 1 atom stereocenters. The molecule has 16 heavy (non-hydrogen) atoms. The van der Waals surface area contributed by atoms with E-state index in [1.165, 1.54) is 12.8 Å². The molecular weight excluding hydrogens is 204 g/mol. The van der Waals surface area contributed by atoms with E-state index >= 15 is 0 Å². The number of piperidine rings is 1. The monoisotopic (exact) mass is 218 g/mol. The number of hydrogen-bond acceptors (Lipinski definition) is 4. The van der Waals surface area contributed by atoms with Gasteiger partial charge in [-0.05, 0) is 31.5 Å². The van der Waals surface area contributed by atoms with Crippen LogP contribution in [0.1, 0.15) is 31.1 Å². The Labute approximate surface area is 93.3 Å². The normalized spacial score (nSPS) is 21.1. The molecule has 0 saturated carbocycles. The van der Waals surface area contributed by atoms with Crippen molar-refractivity contribution < 1.29 is 4.52 Å². The van der Waals surface area contributed by atoms with Gasteiger partial charge < -0.3 is 14.8 Å². The summed E-state index contributed by atoms with van der Waals surface area (Å²) in [5.41, 5.74) is 0.870. The summed E-state index contributed by atoms with van der Waals surface area (Å²) in [6.07, 6.45) is 5.39. The van der Waals surface area contributed by atoms with Crippen LogP contribution < -0.4 is 5.32 Å². The first-order chi connectivity index (χ1) is 7.93. The van der Waals surface area contributed by atoms with E-state index in [2.05, 4.69) is 20.4 Å². The number of aromatic nitrogens is 3. The summed E-state index contributed by atoms with van der Waals surface area (Å²) in [7, 11) is 0. The highest BCUT2D eigenvalue weighted by Crippen LogP contribution is 2.22. The minimum absolute atomic E-state index is 0.251. The molecule has 84 valence electrons. The molecule has 0 aromatic carbocycles. The molecule has 2 aromatic heterocycles. The zero-order valence-electron chi connectivity index (χ0n) is 8.94. The molecule has 2 aromatic rings. The summed E-state index contributed by atoms with van der Waals surface area (Å²) in [5, 5.41) is 7.43. The van der Waals surface area contributed by atoms with Crippen molar-refractivity contribution in [3.63, 3.8) is 0 Å². The van der Waals surface area contributed by atoms with Crippen LogP contribution in [0.3, 0.4) is 0 Å². The zero-order chi connectivity index (χ0) is 10.8. The van der Waals surface area contributed by atoms with E-state index in [9.17, 15) is 0 Å². The van der Waals surface area contributed by atoms with Crippen LogP contribution in [0, 0.1) is 0 Å². The van der Waals surface area contributed by atoms with Crippen LogP contribution in [0.4, 0.5) is 0 Å². The number of hydrogen-bond donors (Lipinski definition) is 2. The molecule has 0 amide bonds. The van der Waals surface area contributed by atoms with Gasteiger partial charge in [-0.25, -0.2) is 0 Å². The van der Waals surface area contributed by atoms with Gasteiger partial charge in [-0.15, -0.1) is 0 Å². The standard InChI is InChI=1S/C11H14N4O/c1-2-6-12-8(4-1)10-14-11(16-15-10)9-5-3-7-13-9/h3,5,7-8,12-13H,1-2,4,6H2/t8-/m1/s1. The fraction of sp³-hybridized carbons (Fsp3) is 0.455. The van der Waals surface area contributed by atoms with Gasteiger partial charge in [0.25, 0.3) is 5.89 Å². The molecule has 1 saturated heterocycles. The third kappa shape index (κ3) is 1.74. The van der Waals surface area contributed by atoms with E-state index < -0.39 is 0 Å². The Morgan fingerprint density at radius 3 is 3.12 bits per heavy atom. The van der Waals surface area contributed by atoms with E-state index in [1.807, 2.05) is 18.3 Å². The van der Waals surface area contributed by atoms with Gasteiger partial charge in [-0.1, -0.05) is 11.6 Å². The molecule has 5 nitrogen and oxygen atoms in total. The Morgan fingerprint density at radius 2 is 2.38 bits per heavy atom. The Hall–Kier alpha value is -1.62. The van der Waals surface area contributed by atoms with Crippen LogP contribution in [-0.2, 0) is 0 Å². The highest BCUT2D eigenvalue weighted by atomic mass is 16.5. The van der Waals surface area contributed by atoms with Crippen molar-refractivity contribution in [3.8, 4) is 11.6 Å². The first kappa shape index (κ1) is 9.59. The summed E-state index contributed by atoms with van der Waals surface area (Å²) >= 11 is 0. The molecule has 3 heterocycles. The van der Waals surface area contributed by atoms with Gasteiger partial charge in [-0.2, -0.15) is 4.98 Å². The molecular formula is C11H14N4O. The van der Waals surface area contributed by atoms with Crippen LogP contribution in [0.2, 0.25) is 0 Å². The molecule has 2 N–H and O–H groups in total. The maximum absolute atomic E-state index is 5.23. The molecule has 0 aliphatic carbocycles. The van der Waals surface area contributed by atoms with Crippen molar-refractivity contribution in [1.29, 1.82) is 0 Å². The predicted molar refractivity (Wildman–Crippen MR) is 58.7 cm³/mol. The maximum Gasteiger partial charge on any atom is 0.274 e. The molecule has 5 heteroatoms. The highest BCUT2D eigenvalue weighted by molar-refractivity contribution is 5.46. The molecule has 1 aliphatic rings. The lowest BCUT2D eigenvalue weighted by Gasteiger charge is -2.19. The van der Waals surface area contributed by atoms with Crippen molar-refractivity contribution in [3.05, 3.63) is 24.2 Å². The molecule has 0 radical (unpaired) electrons. The zero-order valence-corrected chi connectivity index (χ0v) is 8.94. The average Bonchev–Trinajstić information content (AvgIpc) is 3.01. The Balaban J connectivity index is 1.82. The molecule has 1 fully saturated rings. The first-order valence-corrected chi connectivity index (χ1v) is 5.64. The molecule has 0 bridgehead atoms. The van der Waals surface area contributed by atoms with Gasteiger partial charge >= 0.3 is 0 Å². The molecule has 0 unspecified atom stereocenters. The van der Waals surface area contributed by atoms with Gasteiger partial charge in [0.2, 0.25) is 0 Å². The Morgan fingerprint density at radius 1 is 1.38 bits per heavy atom. The lowest BCUT2D eigenvalue weighted by atomic mass is 10.0. The predicted octanol–water partition coefficient (Wildman–Crippen LogP) is 1.88. The number of rotatable bonds is 2. The van der Waals surface area contributed by atoms with Gasteiger partial charge in [0.15, 0.2) is 5.82 Å². The minimum Gasteiger partial charge on any atom is -0.357 e. The first-order valence-electron chi connectivity index (χ1n) is 5.64. The lowest BCUT2D eigenvalue weighted by molar-refractivity contribution is 0.366. The summed E-state index contributed by atoms with van der Waals surface area (Å²) in [4.78, 5) is 7.46. The maximum atomic E-state index is 5.23. The summed E-state index contributed by atoms with van der Waals surface area (Å²) < 4.78 is 5.23. The molecule has 3 rings (SSSR count). The van der Waals surface area contributed by atoms with Gasteiger partial charge in [0.05, 0.1) is 6.04 Å². The summed E-state index contributed by atoms with van der Waals surface area (Å²) in [6.45, 7) is 1.04. The Bertz CT molecular complexity index is 442. The SMILES string of the molecule is c1c[nH]c(-c2nc([C@H]3CCCCN3)no2)c1. The van der Waals surface area contributed by atoms with Crippen LogP contribution >= 0.6 is 0 Å². The van der Waals surface area contributed by atoms with Gasteiger partial charge in [0.1, 0.15) is 5.69 Å². The number of aromatic amines is 1. The van der Waals surface area contributed by atoms with Crippen LogP contribution in [0.5, 0.6) is 0 Å². The van der Waals surface area contributed by atoms with Gasteiger partial charge in [0, 0.05) is 6.20 Å². The fourth-order valence-electron chi connectivity index (χ4n) is 2.02.